The van der Waals surface area contributed by atoms with Gasteiger partial charge in [-0.2, -0.15) is 5.10 Å². The molecule has 1 amide bonds. The summed E-state index contributed by atoms with van der Waals surface area (Å²) in [7, 11) is 3.62. The number of benzene rings is 3. The average Bonchev–Trinajstić information content (AvgIpc) is 3.80. The SMILES string of the molecule is COc1cc2c(Oc3ccc(NC(=O)c4nn(-c5ccc(F)cc5)cc4OCC4CCN(C)C4)cc3F)ccnc2cc1OCCCN1CCNCC1. The number of pyridine rings is 1. The summed E-state index contributed by atoms with van der Waals surface area (Å²) in [4.78, 5) is 22.7. The van der Waals surface area contributed by atoms with Gasteiger partial charge in [0.25, 0.3) is 5.91 Å². The van der Waals surface area contributed by atoms with E-state index >= 15 is 4.39 Å². The molecule has 2 aromatic heterocycles. The summed E-state index contributed by atoms with van der Waals surface area (Å²) < 4.78 is 54.5. The Morgan fingerprint density at radius 2 is 1.77 bits per heavy atom. The molecule has 278 valence electrons. The molecule has 0 saturated carbocycles. The van der Waals surface area contributed by atoms with Gasteiger partial charge in [0.05, 0.1) is 37.7 Å². The summed E-state index contributed by atoms with van der Waals surface area (Å²) in [5.74, 6) is 0.302. The van der Waals surface area contributed by atoms with Crippen LogP contribution in [0.1, 0.15) is 23.3 Å². The fourth-order valence-corrected chi connectivity index (χ4v) is 6.58. The number of methoxy groups -OCH3 is 1. The normalized spacial score (nSPS) is 16.5. The van der Waals surface area contributed by atoms with Gasteiger partial charge in [-0.3, -0.25) is 9.78 Å². The zero-order chi connectivity index (χ0) is 36.7. The molecule has 2 N–H and O–H groups in total. The third-order valence-corrected chi connectivity index (χ3v) is 9.43. The number of aromatic nitrogens is 3. The van der Waals surface area contributed by atoms with Crippen LogP contribution in [-0.2, 0) is 0 Å². The standard InChI is InChI=1S/C39H43F2N7O5/c1-46-16-11-26(23-46)25-52-37-24-48(29-7-4-27(40)5-8-29)45-38(37)39(49)44-28-6-9-34(31(41)20-28)53-33-10-12-43-32-22-36(35(50-2)21-30(32)33)51-19-3-15-47-17-13-42-14-18-47/h4-10,12,20-22,24,26,42H,3,11,13-19,23,25H2,1-2H3,(H,44,49). The molecule has 5 aromatic rings. The number of rotatable bonds is 14. The summed E-state index contributed by atoms with van der Waals surface area (Å²) in [5, 5.41) is 11.2. The Balaban J connectivity index is 1.04. The molecule has 0 bridgehead atoms. The van der Waals surface area contributed by atoms with E-state index in [9.17, 15) is 9.18 Å². The first-order chi connectivity index (χ1) is 25.8. The summed E-state index contributed by atoms with van der Waals surface area (Å²) in [5.41, 5.74) is 1.36. The lowest BCUT2D eigenvalue weighted by atomic mass is 10.1. The number of anilines is 1. The maximum atomic E-state index is 15.5. The molecule has 53 heavy (non-hydrogen) atoms. The third-order valence-electron chi connectivity index (χ3n) is 9.43. The van der Waals surface area contributed by atoms with Crippen molar-refractivity contribution in [3.63, 3.8) is 0 Å². The third kappa shape index (κ3) is 8.84. The minimum atomic E-state index is -0.692. The fourth-order valence-electron chi connectivity index (χ4n) is 6.58. The van der Waals surface area contributed by atoms with Crippen molar-refractivity contribution in [2.75, 3.05) is 78.5 Å². The second-order valence-corrected chi connectivity index (χ2v) is 13.3. The van der Waals surface area contributed by atoms with Gasteiger partial charge in [-0.1, -0.05) is 0 Å². The number of nitrogens with one attached hydrogen (secondary N) is 2. The van der Waals surface area contributed by atoms with Gasteiger partial charge >= 0.3 is 0 Å². The molecule has 3 aromatic carbocycles. The lowest BCUT2D eigenvalue weighted by Crippen LogP contribution is -2.43. The predicted molar refractivity (Wildman–Crippen MR) is 197 cm³/mol. The minimum Gasteiger partial charge on any atom is -0.493 e. The van der Waals surface area contributed by atoms with Crippen LogP contribution in [-0.4, -0.2) is 104 Å². The lowest BCUT2D eigenvalue weighted by molar-refractivity contribution is 0.101. The molecule has 14 heteroatoms. The number of piperazine rings is 1. The minimum absolute atomic E-state index is 0.0153. The number of carbonyl (C=O) groups is 1. The van der Waals surface area contributed by atoms with Crippen LogP contribution in [0.15, 0.2) is 73.1 Å². The van der Waals surface area contributed by atoms with Gasteiger partial charge < -0.3 is 39.4 Å². The molecular weight excluding hydrogens is 684 g/mol. The molecule has 2 aliphatic heterocycles. The number of likely N-dealkylation sites (tertiary alicyclic amines) is 1. The van der Waals surface area contributed by atoms with Crippen LogP contribution >= 0.6 is 0 Å². The number of ether oxygens (including phenoxy) is 4. The monoisotopic (exact) mass is 727 g/mol. The van der Waals surface area contributed by atoms with E-state index in [1.807, 2.05) is 0 Å². The van der Waals surface area contributed by atoms with E-state index in [4.69, 9.17) is 18.9 Å². The predicted octanol–water partition coefficient (Wildman–Crippen LogP) is 5.76. The summed E-state index contributed by atoms with van der Waals surface area (Å²) in [6, 6.07) is 15.1. The van der Waals surface area contributed by atoms with Crippen LogP contribution in [0.3, 0.4) is 0 Å². The molecular formula is C39H43F2N7O5. The van der Waals surface area contributed by atoms with Crippen molar-refractivity contribution >= 4 is 22.5 Å². The quantitative estimate of drug-likeness (QED) is 0.137. The Bertz CT molecular complexity index is 2040. The van der Waals surface area contributed by atoms with Gasteiger partial charge in [0.2, 0.25) is 0 Å². The van der Waals surface area contributed by atoms with Crippen molar-refractivity contribution in [1.29, 1.82) is 0 Å². The number of hydrogen-bond donors (Lipinski definition) is 2. The van der Waals surface area contributed by atoms with Crippen LogP contribution in [0.2, 0.25) is 0 Å². The van der Waals surface area contributed by atoms with E-state index in [0.717, 1.165) is 58.7 Å². The van der Waals surface area contributed by atoms with Gasteiger partial charge in [0.1, 0.15) is 11.6 Å². The summed E-state index contributed by atoms with van der Waals surface area (Å²) in [6.07, 6.45) is 5.03. The highest BCUT2D eigenvalue weighted by Crippen LogP contribution is 2.38. The van der Waals surface area contributed by atoms with Crippen molar-refractivity contribution in [2.24, 2.45) is 5.92 Å². The van der Waals surface area contributed by atoms with Gasteiger partial charge in [0.15, 0.2) is 34.5 Å². The first-order valence-corrected chi connectivity index (χ1v) is 17.8. The van der Waals surface area contributed by atoms with Gasteiger partial charge in [0, 0.05) is 74.6 Å². The van der Waals surface area contributed by atoms with Crippen molar-refractivity contribution in [2.45, 2.75) is 12.8 Å². The van der Waals surface area contributed by atoms with E-state index in [0.29, 0.717) is 53.0 Å². The van der Waals surface area contributed by atoms with Crippen molar-refractivity contribution in [3.05, 3.63) is 90.4 Å². The second kappa shape index (κ2) is 16.6. The first kappa shape index (κ1) is 36.1. The Labute approximate surface area is 306 Å². The molecule has 2 aliphatic rings. The summed E-state index contributed by atoms with van der Waals surface area (Å²) in [6.45, 7) is 7.82. The Kier molecular flexibility index (Phi) is 11.3. The highest BCUT2D eigenvalue weighted by atomic mass is 19.1. The largest absolute Gasteiger partial charge is 0.493 e. The Hall–Kier alpha value is -5.31. The zero-order valence-corrected chi connectivity index (χ0v) is 29.8. The van der Waals surface area contributed by atoms with Gasteiger partial charge in [-0.05, 0) is 75.0 Å². The molecule has 7 rings (SSSR count). The maximum absolute atomic E-state index is 15.5. The number of fused-ring (bicyclic) bond motifs is 1. The molecule has 2 saturated heterocycles. The molecule has 12 nitrogen and oxygen atoms in total. The van der Waals surface area contributed by atoms with E-state index in [-0.39, 0.29) is 22.9 Å². The molecule has 1 atom stereocenters. The van der Waals surface area contributed by atoms with Crippen molar-refractivity contribution in [1.82, 2.24) is 29.9 Å². The summed E-state index contributed by atoms with van der Waals surface area (Å²) >= 11 is 0. The topological polar surface area (TPSA) is 115 Å². The Morgan fingerprint density at radius 3 is 2.53 bits per heavy atom. The number of hydrogen-bond acceptors (Lipinski definition) is 10. The second-order valence-electron chi connectivity index (χ2n) is 13.3. The van der Waals surface area contributed by atoms with Gasteiger partial charge in [-0.15, -0.1) is 0 Å². The number of halogens is 2. The van der Waals surface area contributed by atoms with Crippen LogP contribution in [0.5, 0.6) is 28.7 Å². The zero-order valence-electron chi connectivity index (χ0n) is 29.8. The number of nitrogens with zero attached hydrogens (tertiary/aromatic N) is 5. The van der Waals surface area contributed by atoms with Crippen LogP contribution in [0, 0.1) is 17.6 Å². The highest BCUT2D eigenvalue weighted by Gasteiger charge is 2.24. The van der Waals surface area contributed by atoms with E-state index in [1.165, 1.54) is 28.9 Å². The first-order valence-electron chi connectivity index (χ1n) is 17.8. The molecule has 4 heterocycles. The van der Waals surface area contributed by atoms with Crippen LogP contribution in [0.4, 0.5) is 14.5 Å². The molecule has 0 aliphatic carbocycles. The lowest BCUT2D eigenvalue weighted by Gasteiger charge is -2.27. The van der Waals surface area contributed by atoms with Crippen molar-refractivity contribution < 1.29 is 32.5 Å². The average molecular weight is 728 g/mol. The number of amides is 1. The smallest absolute Gasteiger partial charge is 0.280 e. The van der Waals surface area contributed by atoms with E-state index in [1.54, 1.807) is 55.9 Å². The number of carbonyl (C=O) groups excluding carboxylic acids is 1. The van der Waals surface area contributed by atoms with Crippen LogP contribution in [0.25, 0.3) is 16.6 Å². The molecule has 0 spiro atoms. The molecule has 1 unspecified atom stereocenters. The molecule has 2 fully saturated rings. The molecule has 0 radical (unpaired) electrons. The van der Waals surface area contributed by atoms with Crippen LogP contribution < -0.4 is 29.6 Å². The van der Waals surface area contributed by atoms with E-state index < -0.39 is 17.5 Å². The maximum Gasteiger partial charge on any atom is 0.280 e. The fraction of sp³-hybridized carbons (Fsp3) is 0.359. The van der Waals surface area contributed by atoms with Crippen molar-refractivity contribution in [3.8, 4) is 34.4 Å². The van der Waals surface area contributed by atoms with E-state index in [2.05, 4.69) is 37.6 Å². The Morgan fingerprint density at radius 1 is 0.943 bits per heavy atom. The van der Waals surface area contributed by atoms with Gasteiger partial charge in [-0.25, -0.2) is 13.5 Å². The highest BCUT2D eigenvalue weighted by molar-refractivity contribution is 6.04.